The van der Waals surface area contributed by atoms with E-state index in [1.165, 1.54) is 24.0 Å². The monoisotopic (exact) mass is 235 g/mol. The largest absolute Gasteiger partial charge is 0.496 e. The van der Waals surface area contributed by atoms with E-state index in [4.69, 9.17) is 4.74 Å². The number of nitrogens with one attached hydrogen (secondary N) is 1. The predicted octanol–water partition coefficient (Wildman–Crippen LogP) is 3.32. The van der Waals surface area contributed by atoms with Gasteiger partial charge in [-0.05, 0) is 56.8 Å². The fraction of sp³-hybridized carbons (Fsp3) is 0.600. The van der Waals surface area contributed by atoms with E-state index < -0.39 is 0 Å². The first-order valence-electron chi connectivity index (χ1n) is 6.54. The number of aryl methyl sites for hydroxylation is 2. The second kappa shape index (κ2) is 7.33. The minimum atomic E-state index is 0.595. The Kier molecular flexibility index (Phi) is 6.06. The Morgan fingerprint density at radius 2 is 2.12 bits per heavy atom. The first kappa shape index (κ1) is 14.0. The van der Waals surface area contributed by atoms with Crippen molar-refractivity contribution in [1.82, 2.24) is 5.32 Å². The molecule has 96 valence electrons. The van der Waals surface area contributed by atoms with E-state index in [2.05, 4.69) is 44.3 Å². The van der Waals surface area contributed by atoms with Crippen LogP contribution in [-0.2, 0) is 6.42 Å². The number of methoxy groups -OCH3 is 1. The molecular weight excluding hydrogens is 210 g/mol. The van der Waals surface area contributed by atoms with Gasteiger partial charge in [0.15, 0.2) is 0 Å². The molecule has 17 heavy (non-hydrogen) atoms. The summed E-state index contributed by atoms with van der Waals surface area (Å²) in [4.78, 5) is 0. The summed E-state index contributed by atoms with van der Waals surface area (Å²) in [5.41, 5.74) is 2.62. The molecule has 0 fully saturated rings. The molecule has 0 aliphatic heterocycles. The second-order valence-corrected chi connectivity index (χ2v) is 4.70. The molecule has 0 heterocycles. The van der Waals surface area contributed by atoms with E-state index in [1.54, 1.807) is 7.11 Å². The summed E-state index contributed by atoms with van der Waals surface area (Å²) in [6.45, 7) is 7.67. The third kappa shape index (κ3) is 4.78. The average Bonchev–Trinajstić information content (AvgIpc) is 2.34. The van der Waals surface area contributed by atoms with Crippen molar-refractivity contribution in [3.05, 3.63) is 29.3 Å². The topological polar surface area (TPSA) is 21.3 Å². The summed E-state index contributed by atoms with van der Waals surface area (Å²) in [5.74, 6) is 0.978. The van der Waals surface area contributed by atoms with Crippen LogP contribution in [0.4, 0.5) is 0 Å². The van der Waals surface area contributed by atoms with Gasteiger partial charge in [-0.2, -0.15) is 0 Å². The van der Waals surface area contributed by atoms with Gasteiger partial charge < -0.3 is 10.1 Å². The summed E-state index contributed by atoms with van der Waals surface area (Å²) in [6.07, 6.45) is 3.51. The van der Waals surface area contributed by atoms with Crippen molar-refractivity contribution in [3.8, 4) is 5.75 Å². The van der Waals surface area contributed by atoms with Crippen LogP contribution in [0, 0.1) is 6.92 Å². The fourth-order valence-corrected chi connectivity index (χ4v) is 1.97. The number of hydrogen-bond donors (Lipinski definition) is 1. The maximum atomic E-state index is 5.27. The summed E-state index contributed by atoms with van der Waals surface area (Å²) < 4.78 is 5.27. The zero-order valence-corrected chi connectivity index (χ0v) is 11.5. The molecule has 0 aliphatic carbocycles. The molecule has 1 N–H and O–H groups in total. The zero-order chi connectivity index (χ0) is 12.7. The van der Waals surface area contributed by atoms with Crippen LogP contribution in [0.3, 0.4) is 0 Å². The van der Waals surface area contributed by atoms with Gasteiger partial charge in [0.1, 0.15) is 5.75 Å². The van der Waals surface area contributed by atoms with Gasteiger partial charge in [0.05, 0.1) is 7.11 Å². The lowest BCUT2D eigenvalue weighted by molar-refractivity contribution is 0.411. The number of ether oxygens (including phenoxy) is 1. The Morgan fingerprint density at radius 3 is 2.71 bits per heavy atom. The lowest BCUT2D eigenvalue weighted by atomic mass is 10.0. The molecule has 1 unspecified atom stereocenters. The minimum absolute atomic E-state index is 0.595. The summed E-state index contributed by atoms with van der Waals surface area (Å²) in [6, 6.07) is 7.05. The van der Waals surface area contributed by atoms with Crippen molar-refractivity contribution in [3.63, 3.8) is 0 Å². The van der Waals surface area contributed by atoms with Crippen molar-refractivity contribution in [2.24, 2.45) is 0 Å². The SMILES string of the molecule is CCCNC(C)CCc1ccc(OC)c(C)c1. The van der Waals surface area contributed by atoms with E-state index in [0.29, 0.717) is 6.04 Å². The van der Waals surface area contributed by atoms with Crippen LogP contribution in [0.5, 0.6) is 5.75 Å². The van der Waals surface area contributed by atoms with Crippen LogP contribution in [0.15, 0.2) is 18.2 Å². The number of hydrogen-bond acceptors (Lipinski definition) is 2. The molecule has 0 saturated carbocycles. The smallest absolute Gasteiger partial charge is 0.121 e. The van der Waals surface area contributed by atoms with Gasteiger partial charge in [0.2, 0.25) is 0 Å². The zero-order valence-electron chi connectivity index (χ0n) is 11.5. The van der Waals surface area contributed by atoms with Crippen LogP contribution >= 0.6 is 0 Å². The Balaban J connectivity index is 2.44. The summed E-state index contributed by atoms with van der Waals surface area (Å²) in [5, 5.41) is 3.52. The van der Waals surface area contributed by atoms with Crippen LogP contribution in [0.25, 0.3) is 0 Å². The average molecular weight is 235 g/mol. The van der Waals surface area contributed by atoms with E-state index in [1.807, 2.05) is 0 Å². The van der Waals surface area contributed by atoms with E-state index in [-0.39, 0.29) is 0 Å². The normalized spacial score (nSPS) is 12.5. The van der Waals surface area contributed by atoms with Gasteiger partial charge in [-0.15, -0.1) is 0 Å². The maximum absolute atomic E-state index is 5.27. The Hall–Kier alpha value is -1.02. The van der Waals surface area contributed by atoms with Gasteiger partial charge in [-0.25, -0.2) is 0 Å². The third-order valence-corrected chi connectivity index (χ3v) is 3.07. The first-order valence-corrected chi connectivity index (χ1v) is 6.54. The molecule has 0 amide bonds. The van der Waals surface area contributed by atoms with Crippen LogP contribution in [-0.4, -0.2) is 19.7 Å². The van der Waals surface area contributed by atoms with Crippen LogP contribution in [0.2, 0.25) is 0 Å². The number of rotatable bonds is 7. The van der Waals surface area contributed by atoms with Crippen molar-refractivity contribution in [2.75, 3.05) is 13.7 Å². The lowest BCUT2D eigenvalue weighted by Crippen LogP contribution is -2.27. The Labute approximate surface area is 105 Å². The molecule has 1 rings (SSSR count). The summed E-state index contributed by atoms with van der Waals surface area (Å²) in [7, 11) is 1.72. The van der Waals surface area contributed by atoms with Gasteiger partial charge in [0.25, 0.3) is 0 Å². The van der Waals surface area contributed by atoms with E-state index in [0.717, 1.165) is 18.7 Å². The highest BCUT2D eigenvalue weighted by atomic mass is 16.5. The standard InChI is InChI=1S/C15H25NO/c1-5-10-16-13(3)6-7-14-8-9-15(17-4)12(2)11-14/h8-9,11,13,16H,5-7,10H2,1-4H3. The lowest BCUT2D eigenvalue weighted by Gasteiger charge is -2.13. The molecule has 1 aromatic carbocycles. The molecule has 0 aliphatic rings. The highest BCUT2D eigenvalue weighted by Crippen LogP contribution is 2.19. The minimum Gasteiger partial charge on any atom is -0.496 e. The molecule has 0 spiro atoms. The molecule has 2 nitrogen and oxygen atoms in total. The highest BCUT2D eigenvalue weighted by molar-refractivity contribution is 5.36. The predicted molar refractivity (Wildman–Crippen MR) is 73.8 cm³/mol. The Morgan fingerprint density at radius 1 is 1.35 bits per heavy atom. The van der Waals surface area contributed by atoms with Gasteiger partial charge in [-0.3, -0.25) is 0 Å². The molecule has 0 saturated heterocycles. The van der Waals surface area contributed by atoms with Gasteiger partial charge >= 0.3 is 0 Å². The Bertz CT molecular complexity index is 336. The van der Waals surface area contributed by atoms with Gasteiger partial charge in [0, 0.05) is 6.04 Å². The fourth-order valence-electron chi connectivity index (χ4n) is 1.97. The molecule has 0 aromatic heterocycles. The van der Waals surface area contributed by atoms with Crippen LogP contribution in [0.1, 0.15) is 37.8 Å². The van der Waals surface area contributed by atoms with E-state index in [9.17, 15) is 0 Å². The molecule has 2 heteroatoms. The number of benzene rings is 1. The molecular formula is C15H25NO. The maximum Gasteiger partial charge on any atom is 0.121 e. The summed E-state index contributed by atoms with van der Waals surface area (Å²) >= 11 is 0. The van der Waals surface area contributed by atoms with Gasteiger partial charge in [-0.1, -0.05) is 19.1 Å². The van der Waals surface area contributed by atoms with Crippen molar-refractivity contribution in [2.45, 2.75) is 46.1 Å². The van der Waals surface area contributed by atoms with E-state index >= 15 is 0 Å². The molecule has 1 atom stereocenters. The molecule has 0 radical (unpaired) electrons. The molecule has 0 bridgehead atoms. The second-order valence-electron chi connectivity index (χ2n) is 4.70. The third-order valence-electron chi connectivity index (χ3n) is 3.07. The van der Waals surface area contributed by atoms with Crippen molar-refractivity contribution in [1.29, 1.82) is 0 Å². The quantitative estimate of drug-likeness (QED) is 0.782. The van der Waals surface area contributed by atoms with Crippen LogP contribution < -0.4 is 10.1 Å². The molecule has 1 aromatic rings. The first-order chi connectivity index (χ1) is 8.17. The van der Waals surface area contributed by atoms with Crippen molar-refractivity contribution >= 4 is 0 Å². The highest BCUT2D eigenvalue weighted by Gasteiger charge is 2.03. The van der Waals surface area contributed by atoms with Crippen molar-refractivity contribution < 1.29 is 4.74 Å².